The van der Waals surface area contributed by atoms with Gasteiger partial charge in [0.1, 0.15) is 0 Å². The molecule has 0 fully saturated rings. The van der Waals surface area contributed by atoms with Gasteiger partial charge in [-0.3, -0.25) is 19.2 Å². The van der Waals surface area contributed by atoms with Gasteiger partial charge in [-0.05, 0) is 18.6 Å². The highest BCUT2D eigenvalue weighted by molar-refractivity contribution is 9.10. The molecule has 0 aliphatic heterocycles. The maximum Gasteiger partial charge on any atom is 0.328 e. The van der Waals surface area contributed by atoms with Crippen molar-refractivity contribution >= 4 is 21.6 Å². The number of hydrogen-bond acceptors (Lipinski definition) is 3. The topological polar surface area (TPSA) is 70.1 Å². The highest BCUT2D eigenvalue weighted by atomic mass is 79.9. The first-order chi connectivity index (χ1) is 9.02. The van der Waals surface area contributed by atoms with Crippen LogP contribution in [0.15, 0.2) is 39.9 Å². The van der Waals surface area contributed by atoms with E-state index in [0.717, 1.165) is 5.56 Å². The molecule has 0 bridgehead atoms. The lowest BCUT2D eigenvalue weighted by Crippen LogP contribution is -2.23. The SMILES string of the molecule is CCn1ccn(Cc2ccc([N+](=O)[O-])cc2Br)c1=O. The molecule has 0 aliphatic rings. The summed E-state index contributed by atoms with van der Waals surface area (Å²) in [6.07, 6.45) is 3.43. The Labute approximate surface area is 117 Å². The monoisotopic (exact) mass is 325 g/mol. The predicted molar refractivity (Wildman–Crippen MR) is 74.3 cm³/mol. The van der Waals surface area contributed by atoms with Crippen molar-refractivity contribution in [1.82, 2.24) is 9.13 Å². The first-order valence-electron chi connectivity index (χ1n) is 5.71. The number of benzene rings is 1. The van der Waals surface area contributed by atoms with Gasteiger partial charge in [0.2, 0.25) is 0 Å². The van der Waals surface area contributed by atoms with Crippen LogP contribution in [-0.2, 0) is 13.1 Å². The normalized spacial score (nSPS) is 10.6. The lowest BCUT2D eigenvalue weighted by atomic mass is 10.2. The fourth-order valence-corrected chi connectivity index (χ4v) is 2.27. The highest BCUT2D eigenvalue weighted by Crippen LogP contribution is 2.23. The van der Waals surface area contributed by atoms with Crippen molar-refractivity contribution in [2.75, 3.05) is 0 Å². The van der Waals surface area contributed by atoms with Crippen LogP contribution in [0.25, 0.3) is 0 Å². The zero-order chi connectivity index (χ0) is 14.0. The maximum absolute atomic E-state index is 11.9. The van der Waals surface area contributed by atoms with Crippen LogP contribution in [-0.4, -0.2) is 14.1 Å². The van der Waals surface area contributed by atoms with E-state index in [0.29, 0.717) is 17.6 Å². The minimum absolute atomic E-state index is 0.0223. The second-order valence-electron chi connectivity index (χ2n) is 4.03. The third-order valence-electron chi connectivity index (χ3n) is 2.85. The molecule has 0 aliphatic carbocycles. The first kappa shape index (κ1) is 13.5. The van der Waals surface area contributed by atoms with Gasteiger partial charge in [0, 0.05) is 35.5 Å². The molecule has 0 spiro atoms. The summed E-state index contributed by atoms with van der Waals surface area (Å²) in [7, 11) is 0. The van der Waals surface area contributed by atoms with Gasteiger partial charge in [0.05, 0.1) is 11.5 Å². The summed E-state index contributed by atoms with van der Waals surface area (Å²) in [5.74, 6) is 0. The summed E-state index contributed by atoms with van der Waals surface area (Å²) in [6.45, 7) is 2.89. The standard InChI is InChI=1S/C12H12BrN3O3/c1-2-14-5-6-15(12(14)17)8-9-3-4-10(16(18)19)7-11(9)13/h3-7H,2,8H2,1H3. The van der Waals surface area contributed by atoms with Crippen LogP contribution >= 0.6 is 15.9 Å². The Balaban J connectivity index is 2.31. The molecule has 0 saturated heterocycles. The molecule has 2 aromatic rings. The number of halogens is 1. The van der Waals surface area contributed by atoms with E-state index in [1.807, 2.05) is 6.92 Å². The molecule has 19 heavy (non-hydrogen) atoms. The number of nitro groups is 1. The molecule has 1 aromatic heterocycles. The third kappa shape index (κ3) is 2.76. The van der Waals surface area contributed by atoms with E-state index in [1.165, 1.54) is 12.1 Å². The second-order valence-corrected chi connectivity index (χ2v) is 4.88. The Bertz CT molecular complexity index is 675. The van der Waals surface area contributed by atoms with Gasteiger partial charge in [-0.1, -0.05) is 15.9 Å². The van der Waals surface area contributed by atoms with E-state index in [1.54, 1.807) is 27.6 Å². The maximum atomic E-state index is 11.9. The summed E-state index contributed by atoms with van der Waals surface area (Å²) in [5.41, 5.74) is 0.753. The number of aromatic nitrogens is 2. The van der Waals surface area contributed by atoms with Crippen LogP contribution < -0.4 is 5.69 Å². The van der Waals surface area contributed by atoms with Crippen LogP contribution in [0.1, 0.15) is 12.5 Å². The molecule has 0 saturated carbocycles. The number of imidazole rings is 1. The Morgan fingerprint density at radius 1 is 1.32 bits per heavy atom. The number of nitrogens with zero attached hydrogens (tertiary/aromatic N) is 3. The lowest BCUT2D eigenvalue weighted by Gasteiger charge is -2.05. The molecule has 100 valence electrons. The van der Waals surface area contributed by atoms with Crippen molar-refractivity contribution in [3.05, 3.63) is 61.2 Å². The largest absolute Gasteiger partial charge is 0.328 e. The number of aryl methyl sites for hydroxylation is 1. The Hall–Kier alpha value is -1.89. The number of non-ortho nitro benzene ring substituents is 1. The average molecular weight is 326 g/mol. The second kappa shape index (κ2) is 5.40. The molecule has 1 aromatic carbocycles. The zero-order valence-electron chi connectivity index (χ0n) is 10.2. The van der Waals surface area contributed by atoms with Gasteiger partial charge in [0.15, 0.2) is 0 Å². The van der Waals surface area contributed by atoms with Gasteiger partial charge in [-0.25, -0.2) is 4.79 Å². The minimum atomic E-state index is -0.450. The van der Waals surface area contributed by atoms with E-state index in [9.17, 15) is 14.9 Å². The van der Waals surface area contributed by atoms with Crippen molar-refractivity contribution in [3.8, 4) is 0 Å². The third-order valence-corrected chi connectivity index (χ3v) is 3.59. The highest BCUT2D eigenvalue weighted by Gasteiger charge is 2.10. The fourth-order valence-electron chi connectivity index (χ4n) is 1.78. The Kier molecular flexibility index (Phi) is 3.84. The van der Waals surface area contributed by atoms with Crippen LogP contribution in [0.5, 0.6) is 0 Å². The molecule has 0 atom stereocenters. The van der Waals surface area contributed by atoms with E-state index in [2.05, 4.69) is 15.9 Å². The van der Waals surface area contributed by atoms with E-state index in [4.69, 9.17) is 0 Å². The molecule has 6 nitrogen and oxygen atoms in total. The first-order valence-corrected chi connectivity index (χ1v) is 6.50. The molecular weight excluding hydrogens is 314 g/mol. The summed E-state index contributed by atoms with van der Waals surface area (Å²) in [5, 5.41) is 10.6. The van der Waals surface area contributed by atoms with Crippen molar-refractivity contribution in [3.63, 3.8) is 0 Å². The van der Waals surface area contributed by atoms with Crippen LogP contribution in [0.4, 0.5) is 5.69 Å². The van der Waals surface area contributed by atoms with Gasteiger partial charge < -0.3 is 0 Å². The number of hydrogen-bond donors (Lipinski definition) is 0. The fraction of sp³-hybridized carbons (Fsp3) is 0.250. The smallest absolute Gasteiger partial charge is 0.300 e. The molecule has 0 radical (unpaired) electrons. The van der Waals surface area contributed by atoms with Gasteiger partial charge >= 0.3 is 5.69 Å². The molecule has 0 N–H and O–H groups in total. The number of rotatable bonds is 4. The lowest BCUT2D eigenvalue weighted by molar-refractivity contribution is -0.384. The predicted octanol–water partition coefficient (Wildman–Crippen LogP) is 2.39. The van der Waals surface area contributed by atoms with E-state index >= 15 is 0 Å². The molecule has 1 heterocycles. The zero-order valence-corrected chi connectivity index (χ0v) is 11.8. The molecule has 0 unspecified atom stereocenters. The summed E-state index contributed by atoms with van der Waals surface area (Å²) in [6, 6.07) is 4.52. The van der Waals surface area contributed by atoms with Gasteiger partial charge in [-0.15, -0.1) is 0 Å². The summed E-state index contributed by atoms with van der Waals surface area (Å²) in [4.78, 5) is 22.1. The van der Waals surface area contributed by atoms with Crippen molar-refractivity contribution in [1.29, 1.82) is 0 Å². The van der Waals surface area contributed by atoms with Gasteiger partial charge in [-0.2, -0.15) is 0 Å². The van der Waals surface area contributed by atoms with Crippen molar-refractivity contribution < 1.29 is 4.92 Å². The van der Waals surface area contributed by atoms with E-state index < -0.39 is 4.92 Å². The summed E-state index contributed by atoms with van der Waals surface area (Å²) < 4.78 is 3.78. The van der Waals surface area contributed by atoms with Crippen LogP contribution in [0.3, 0.4) is 0 Å². The number of nitro benzene ring substituents is 1. The van der Waals surface area contributed by atoms with E-state index in [-0.39, 0.29) is 11.4 Å². The van der Waals surface area contributed by atoms with Crippen LogP contribution in [0.2, 0.25) is 0 Å². The van der Waals surface area contributed by atoms with Crippen LogP contribution in [0, 0.1) is 10.1 Å². The van der Waals surface area contributed by atoms with Crippen molar-refractivity contribution in [2.45, 2.75) is 20.0 Å². The molecule has 0 amide bonds. The minimum Gasteiger partial charge on any atom is -0.300 e. The summed E-state index contributed by atoms with van der Waals surface area (Å²) >= 11 is 3.29. The van der Waals surface area contributed by atoms with Crippen molar-refractivity contribution in [2.24, 2.45) is 0 Å². The molecule has 2 rings (SSSR count). The Morgan fingerprint density at radius 2 is 2.00 bits per heavy atom. The molecule has 7 heteroatoms. The van der Waals surface area contributed by atoms with Gasteiger partial charge in [0.25, 0.3) is 5.69 Å². The quantitative estimate of drug-likeness (QED) is 0.640. The average Bonchev–Trinajstić information content (AvgIpc) is 2.72. The molecular formula is C12H12BrN3O3. The Morgan fingerprint density at radius 3 is 2.53 bits per heavy atom.